The molecule has 0 spiro atoms. The molecule has 0 aliphatic carbocycles. The first-order chi connectivity index (χ1) is 10.5. The van der Waals surface area contributed by atoms with E-state index in [2.05, 4.69) is 20.8 Å². The van der Waals surface area contributed by atoms with E-state index in [9.17, 15) is 9.59 Å². The average molecular weight is 304 g/mol. The van der Waals surface area contributed by atoms with Crippen molar-refractivity contribution in [3.8, 4) is 5.75 Å². The Morgan fingerprint density at radius 3 is 2.27 bits per heavy atom. The van der Waals surface area contributed by atoms with Gasteiger partial charge < -0.3 is 9.47 Å². The van der Waals surface area contributed by atoms with Gasteiger partial charge in [0.2, 0.25) is 0 Å². The van der Waals surface area contributed by atoms with Crippen LogP contribution in [0.25, 0.3) is 0 Å². The van der Waals surface area contributed by atoms with Crippen molar-refractivity contribution in [3.63, 3.8) is 0 Å². The molecule has 0 fully saturated rings. The Hall–Kier alpha value is -2.10. The molecule has 1 aromatic carbocycles. The highest BCUT2D eigenvalue weighted by Gasteiger charge is 2.04. The molecule has 0 aromatic heterocycles. The van der Waals surface area contributed by atoms with Crippen LogP contribution in [0, 0.1) is 0 Å². The Kier molecular flexibility index (Phi) is 7.97. The number of hydrogen-bond donors (Lipinski definition) is 0. The second kappa shape index (κ2) is 9.77. The van der Waals surface area contributed by atoms with Crippen LogP contribution < -0.4 is 4.74 Å². The second-order valence-electron chi connectivity index (χ2n) is 5.35. The van der Waals surface area contributed by atoms with Gasteiger partial charge in [-0.05, 0) is 30.0 Å². The van der Waals surface area contributed by atoms with Gasteiger partial charge >= 0.3 is 11.9 Å². The molecule has 0 saturated heterocycles. The molecule has 4 heteroatoms. The molecule has 120 valence electrons. The number of carbonyl (C=O) groups is 2. The third kappa shape index (κ3) is 7.07. The van der Waals surface area contributed by atoms with E-state index in [0.29, 0.717) is 18.3 Å². The molecule has 0 unspecified atom stereocenters. The lowest BCUT2D eigenvalue weighted by atomic mass is 10.0. The van der Waals surface area contributed by atoms with Crippen molar-refractivity contribution in [1.29, 1.82) is 0 Å². The Bertz CT molecular complexity index is 500. The third-order valence-electron chi connectivity index (χ3n) is 3.11. The summed E-state index contributed by atoms with van der Waals surface area (Å²) in [5.74, 6) is -0.242. The maximum absolute atomic E-state index is 11.6. The van der Waals surface area contributed by atoms with E-state index in [1.165, 1.54) is 5.56 Å². The van der Waals surface area contributed by atoms with Crippen molar-refractivity contribution < 1.29 is 19.1 Å². The van der Waals surface area contributed by atoms with Crippen LogP contribution in [0.5, 0.6) is 5.75 Å². The van der Waals surface area contributed by atoms with Gasteiger partial charge in [0.05, 0.1) is 6.61 Å². The summed E-state index contributed by atoms with van der Waals surface area (Å²) in [5.41, 5.74) is 1.17. The fourth-order valence-electron chi connectivity index (χ4n) is 1.78. The molecular formula is C18H24O4. The van der Waals surface area contributed by atoms with Crippen molar-refractivity contribution in [2.75, 3.05) is 6.61 Å². The lowest BCUT2D eigenvalue weighted by molar-refractivity contribution is -0.138. The van der Waals surface area contributed by atoms with Crippen LogP contribution >= 0.6 is 0 Å². The molecule has 22 heavy (non-hydrogen) atoms. The summed E-state index contributed by atoms with van der Waals surface area (Å²) in [7, 11) is 0. The van der Waals surface area contributed by atoms with Crippen LogP contribution in [0.1, 0.15) is 51.5 Å². The van der Waals surface area contributed by atoms with Crippen molar-refractivity contribution >= 4 is 11.9 Å². The molecular weight excluding hydrogens is 280 g/mol. The molecule has 1 aromatic rings. The molecule has 0 bridgehead atoms. The summed E-state index contributed by atoms with van der Waals surface area (Å²) in [6.07, 6.45) is 5.10. The summed E-state index contributed by atoms with van der Waals surface area (Å²) in [6, 6.07) is 7.31. The maximum Gasteiger partial charge on any atom is 0.336 e. The Balaban J connectivity index is 2.38. The molecule has 4 nitrogen and oxygen atoms in total. The zero-order valence-corrected chi connectivity index (χ0v) is 13.5. The predicted molar refractivity (Wildman–Crippen MR) is 85.8 cm³/mol. The van der Waals surface area contributed by atoms with Gasteiger partial charge in [-0.15, -0.1) is 0 Å². The van der Waals surface area contributed by atoms with Crippen LogP contribution in [-0.2, 0) is 14.3 Å². The van der Waals surface area contributed by atoms with Gasteiger partial charge in [0, 0.05) is 12.2 Å². The van der Waals surface area contributed by atoms with Gasteiger partial charge in [0.15, 0.2) is 0 Å². The molecule has 0 saturated carbocycles. The van der Waals surface area contributed by atoms with Crippen LogP contribution in [0.4, 0.5) is 0 Å². The highest BCUT2D eigenvalue weighted by molar-refractivity contribution is 5.92. The SMILES string of the molecule is CCCCCOC(=O)/C=C/C(=O)Oc1ccc(C(C)C)cc1. The van der Waals surface area contributed by atoms with Crippen LogP contribution in [0.2, 0.25) is 0 Å². The van der Waals surface area contributed by atoms with Crippen LogP contribution in [0.15, 0.2) is 36.4 Å². The maximum atomic E-state index is 11.6. The first kappa shape index (κ1) is 18.0. The fraction of sp³-hybridized carbons (Fsp3) is 0.444. The number of rotatable bonds is 8. The minimum absolute atomic E-state index is 0.378. The summed E-state index contributed by atoms with van der Waals surface area (Å²) in [5, 5.41) is 0. The predicted octanol–water partition coefficient (Wildman–Crippen LogP) is 4.01. The number of benzene rings is 1. The van der Waals surface area contributed by atoms with Crippen molar-refractivity contribution in [3.05, 3.63) is 42.0 Å². The summed E-state index contributed by atoms with van der Waals surface area (Å²) in [6.45, 7) is 6.64. The summed E-state index contributed by atoms with van der Waals surface area (Å²) < 4.78 is 10.1. The monoisotopic (exact) mass is 304 g/mol. The first-order valence-corrected chi connectivity index (χ1v) is 7.69. The molecule has 0 radical (unpaired) electrons. The molecule has 0 aliphatic heterocycles. The highest BCUT2D eigenvalue weighted by atomic mass is 16.5. The van der Waals surface area contributed by atoms with E-state index in [1.807, 2.05) is 12.1 Å². The highest BCUT2D eigenvalue weighted by Crippen LogP contribution is 2.18. The minimum Gasteiger partial charge on any atom is -0.463 e. The first-order valence-electron chi connectivity index (χ1n) is 7.69. The van der Waals surface area contributed by atoms with Gasteiger partial charge in [-0.3, -0.25) is 0 Å². The van der Waals surface area contributed by atoms with Crippen LogP contribution in [0.3, 0.4) is 0 Å². The molecule has 1 rings (SSSR count). The quantitative estimate of drug-likeness (QED) is 0.315. The van der Waals surface area contributed by atoms with E-state index >= 15 is 0 Å². The zero-order chi connectivity index (χ0) is 16.4. The van der Waals surface area contributed by atoms with Crippen molar-refractivity contribution in [2.45, 2.75) is 46.0 Å². The van der Waals surface area contributed by atoms with E-state index in [4.69, 9.17) is 9.47 Å². The Labute approximate surface area is 132 Å². The molecule has 0 heterocycles. The summed E-state index contributed by atoms with van der Waals surface area (Å²) >= 11 is 0. The zero-order valence-electron chi connectivity index (χ0n) is 13.5. The number of carbonyl (C=O) groups excluding carboxylic acids is 2. The van der Waals surface area contributed by atoms with Crippen LogP contribution in [-0.4, -0.2) is 18.5 Å². The molecule has 0 amide bonds. The van der Waals surface area contributed by atoms with Crippen molar-refractivity contribution in [1.82, 2.24) is 0 Å². The normalized spacial score (nSPS) is 10.9. The van der Waals surface area contributed by atoms with E-state index in [-0.39, 0.29) is 0 Å². The third-order valence-corrected chi connectivity index (χ3v) is 3.11. The number of hydrogen-bond acceptors (Lipinski definition) is 4. The number of unbranched alkanes of at least 4 members (excludes halogenated alkanes) is 2. The van der Waals surface area contributed by atoms with Gasteiger partial charge in [-0.1, -0.05) is 45.7 Å². The van der Waals surface area contributed by atoms with Crippen molar-refractivity contribution in [2.24, 2.45) is 0 Å². The fourth-order valence-corrected chi connectivity index (χ4v) is 1.78. The molecule has 0 atom stereocenters. The Morgan fingerprint density at radius 2 is 1.68 bits per heavy atom. The minimum atomic E-state index is -0.595. The second-order valence-corrected chi connectivity index (χ2v) is 5.35. The van der Waals surface area contributed by atoms with Gasteiger partial charge in [0.1, 0.15) is 5.75 Å². The Morgan fingerprint density at radius 1 is 1.05 bits per heavy atom. The number of esters is 2. The van der Waals surface area contributed by atoms with E-state index < -0.39 is 11.9 Å². The largest absolute Gasteiger partial charge is 0.463 e. The van der Waals surface area contributed by atoms with Gasteiger partial charge in [-0.25, -0.2) is 9.59 Å². The topological polar surface area (TPSA) is 52.6 Å². The molecule has 0 N–H and O–H groups in total. The van der Waals surface area contributed by atoms with Gasteiger partial charge in [-0.2, -0.15) is 0 Å². The van der Waals surface area contributed by atoms with E-state index in [0.717, 1.165) is 31.4 Å². The molecule has 0 aliphatic rings. The lowest BCUT2D eigenvalue weighted by Gasteiger charge is -2.06. The van der Waals surface area contributed by atoms with Gasteiger partial charge in [0.25, 0.3) is 0 Å². The standard InChI is InChI=1S/C18H24O4/c1-4-5-6-13-21-17(19)11-12-18(20)22-16-9-7-15(8-10-16)14(2)3/h7-12,14H,4-6,13H2,1-3H3/b12-11+. The average Bonchev–Trinajstić information content (AvgIpc) is 2.50. The number of ether oxygens (including phenoxy) is 2. The lowest BCUT2D eigenvalue weighted by Crippen LogP contribution is -2.07. The summed E-state index contributed by atoms with van der Waals surface area (Å²) in [4.78, 5) is 23.0. The smallest absolute Gasteiger partial charge is 0.336 e. The van der Waals surface area contributed by atoms with E-state index in [1.54, 1.807) is 12.1 Å².